The van der Waals surface area contributed by atoms with E-state index in [1.54, 1.807) is 0 Å². The van der Waals surface area contributed by atoms with E-state index in [4.69, 9.17) is 32.5 Å². The van der Waals surface area contributed by atoms with Crippen LogP contribution in [0.4, 0.5) is 0 Å². The quantitative estimate of drug-likeness (QED) is 0.137. The second kappa shape index (κ2) is 17.5. The third-order valence-corrected chi connectivity index (χ3v) is 9.55. The Kier molecular flexibility index (Phi) is 14.8. The zero-order valence-corrected chi connectivity index (χ0v) is 26.0. The van der Waals surface area contributed by atoms with Crippen molar-refractivity contribution >= 4 is 19.6 Å². The summed E-state index contributed by atoms with van der Waals surface area (Å²) in [5.74, 6) is 0. The molecule has 0 spiro atoms. The molecule has 2 fully saturated rings. The number of ether oxygens (including phenoxy) is 4. The number of rotatable bonds is 17. The molecule has 2 aliphatic heterocycles. The molecule has 1 aromatic rings. The largest absolute Gasteiger partial charge is 0.475 e. The van der Waals surface area contributed by atoms with Gasteiger partial charge in [0, 0.05) is 31.1 Å². The van der Waals surface area contributed by atoms with Crippen LogP contribution in [0.25, 0.3) is 0 Å². The predicted octanol–water partition coefficient (Wildman–Crippen LogP) is 7.40. The van der Waals surface area contributed by atoms with Crippen molar-refractivity contribution in [1.29, 1.82) is 0 Å². The van der Waals surface area contributed by atoms with Crippen LogP contribution in [0.3, 0.4) is 0 Å². The van der Waals surface area contributed by atoms with Crippen LogP contribution in [0.2, 0.25) is 0 Å². The number of phosphoric ester groups is 1. The zero-order valence-electron chi connectivity index (χ0n) is 24.3. The van der Waals surface area contributed by atoms with Crippen molar-refractivity contribution in [3.05, 3.63) is 30.3 Å². The molecule has 8 nitrogen and oxygen atoms in total. The van der Waals surface area contributed by atoms with Crippen LogP contribution in [0.15, 0.2) is 35.2 Å². The minimum Gasteiger partial charge on any atom is -0.379 e. The molecule has 0 bridgehead atoms. The van der Waals surface area contributed by atoms with Crippen molar-refractivity contribution in [3.63, 3.8) is 0 Å². The van der Waals surface area contributed by atoms with Crippen LogP contribution in [-0.2, 0) is 37.1 Å². The molecule has 2 heterocycles. The summed E-state index contributed by atoms with van der Waals surface area (Å²) in [6.45, 7) is 12.3. The van der Waals surface area contributed by atoms with Crippen molar-refractivity contribution < 1.29 is 37.1 Å². The van der Waals surface area contributed by atoms with E-state index in [2.05, 4.69) is 20.8 Å². The first kappa shape index (κ1) is 33.0. The fourth-order valence-corrected chi connectivity index (χ4v) is 7.57. The maximum Gasteiger partial charge on any atom is 0.475 e. The molecule has 2 aliphatic rings. The molecule has 0 amide bonds. The lowest BCUT2D eigenvalue weighted by molar-refractivity contribution is -0.236. The van der Waals surface area contributed by atoms with Crippen molar-refractivity contribution in [2.24, 2.45) is 0 Å². The SMILES string of the molecule is CCCCOCC1OC(Sc2ccccc2)C(OP2(=O)O[C@@H](C)C[C@H](C)O2)C(OCCCC)C1OCCCC. The van der Waals surface area contributed by atoms with E-state index in [1.807, 2.05) is 44.2 Å². The van der Waals surface area contributed by atoms with E-state index >= 15 is 0 Å². The standard InChI is InChI=1S/C29H49O8PS/c1-6-9-17-31-21-25-26(32-18-10-7-2)27(33-19-11-8-3)28(29(34-25)39-24-15-13-12-14-16-24)37-38(30)35-22(4)20-23(5)36-38/h12-16,22-23,25-29H,6-11,17-21H2,1-5H3/t22-,23-,25?,26?,27?,28?,29?/m0/s1. The first-order chi connectivity index (χ1) is 18.9. The molecule has 2 saturated heterocycles. The molecule has 0 aliphatic carbocycles. The van der Waals surface area contributed by atoms with Crippen molar-refractivity contribution in [2.45, 2.75) is 127 Å². The highest BCUT2D eigenvalue weighted by Crippen LogP contribution is 2.58. The Morgan fingerprint density at radius 2 is 1.44 bits per heavy atom. The summed E-state index contributed by atoms with van der Waals surface area (Å²) < 4.78 is 57.4. The third-order valence-electron chi connectivity index (χ3n) is 6.66. The minimum absolute atomic E-state index is 0.250. The molecule has 0 aromatic heterocycles. The Hall–Kier alpha value is -0.480. The van der Waals surface area contributed by atoms with Crippen LogP contribution in [0.5, 0.6) is 0 Å². The van der Waals surface area contributed by atoms with Crippen molar-refractivity contribution in [1.82, 2.24) is 0 Å². The second-order valence-electron chi connectivity index (χ2n) is 10.4. The summed E-state index contributed by atoms with van der Waals surface area (Å²) in [7, 11) is -3.88. The number of hydrogen-bond acceptors (Lipinski definition) is 9. The highest BCUT2D eigenvalue weighted by atomic mass is 32.2. The summed E-state index contributed by atoms with van der Waals surface area (Å²) in [4.78, 5) is 1.00. The molecular formula is C29H49O8PS. The average molecular weight is 589 g/mol. The Balaban J connectivity index is 1.94. The molecule has 7 atom stereocenters. The molecule has 5 unspecified atom stereocenters. The van der Waals surface area contributed by atoms with Crippen LogP contribution in [0.1, 0.15) is 79.6 Å². The van der Waals surface area contributed by atoms with Gasteiger partial charge in [-0.1, -0.05) is 70.0 Å². The Bertz CT molecular complexity index is 832. The lowest BCUT2D eigenvalue weighted by atomic mass is 9.99. The number of benzene rings is 1. The fourth-order valence-electron chi connectivity index (χ4n) is 4.64. The molecule has 3 rings (SSSR count). The van der Waals surface area contributed by atoms with Gasteiger partial charge < -0.3 is 18.9 Å². The molecule has 0 radical (unpaired) electrons. The van der Waals surface area contributed by atoms with Gasteiger partial charge in [0.2, 0.25) is 0 Å². The molecule has 0 N–H and O–H groups in total. The summed E-state index contributed by atoms with van der Waals surface area (Å²) in [5.41, 5.74) is -0.546. The second-order valence-corrected chi connectivity index (χ2v) is 13.1. The van der Waals surface area contributed by atoms with E-state index in [9.17, 15) is 4.57 Å². The van der Waals surface area contributed by atoms with E-state index in [1.165, 1.54) is 11.8 Å². The predicted molar refractivity (Wildman–Crippen MR) is 154 cm³/mol. The van der Waals surface area contributed by atoms with Gasteiger partial charge in [-0.3, -0.25) is 13.6 Å². The minimum atomic E-state index is -3.88. The molecule has 1 aromatic carbocycles. The number of thioether (sulfide) groups is 1. The summed E-state index contributed by atoms with van der Waals surface area (Å²) in [6, 6.07) is 9.99. The maximum absolute atomic E-state index is 13.8. The summed E-state index contributed by atoms with van der Waals surface area (Å²) >= 11 is 1.51. The Labute approximate surface area is 239 Å². The van der Waals surface area contributed by atoms with E-state index < -0.39 is 31.6 Å². The van der Waals surface area contributed by atoms with Gasteiger partial charge >= 0.3 is 7.82 Å². The number of phosphoric acid groups is 1. The highest BCUT2D eigenvalue weighted by Gasteiger charge is 2.52. The van der Waals surface area contributed by atoms with Gasteiger partial charge in [-0.2, -0.15) is 0 Å². The van der Waals surface area contributed by atoms with Crippen LogP contribution < -0.4 is 0 Å². The topological polar surface area (TPSA) is 81.7 Å². The molecular weight excluding hydrogens is 539 g/mol. The van der Waals surface area contributed by atoms with E-state index in [-0.39, 0.29) is 18.3 Å². The van der Waals surface area contributed by atoms with Gasteiger partial charge in [-0.15, -0.1) is 0 Å². The van der Waals surface area contributed by atoms with E-state index in [0.29, 0.717) is 32.8 Å². The molecule has 0 saturated carbocycles. The maximum atomic E-state index is 13.8. The van der Waals surface area contributed by atoms with Crippen molar-refractivity contribution in [2.75, 3.05) is 26.4 Å². The summed E-state index contributed by atoms with van der Waals surface area (Å²) in [5, 5.41) is 0. The third kappa shape index (κ3) is 10.7. The van der Waals surface area contributed by atoms with Crippen LogP contribution >= 0.6 is 19.6 Å². The normalized spacial score (nSPS) is 33.3. The Morgan fingerprint density at radius 1 is 0.846 bits per heavy atom. The first-order valence-electron chi connectivity index (χ1n) is 14.7. The Morgan fingerprint density at radius 3 is 2.05 bits per heavy atom. The van der Waals surface area contributed by atoms with Gasteiger partial charge in [0.15, 0.2) is 0 Å². The number of unbranched alkanes of at least 4 members (excludes halogenated alkanes) is 3. The average Bonchev–Trinajstić information content (AvgIpc) is 2.89. The molecule has 224 valence electrons. The van der Waals surface area contributed by atoms with Gasteiger partial charge in [0.25, 0.3) is 0 Å². The lowest BCUT2D eigenvalue weighted by Crippen LogP contribution is -2.60. The fraction of sp³-hybridized carbons (Fsp3) is 0.793. The molecule has 10 heteroatoms. The first-order valence-corrected chi connectivity index (χ1v) is 17.1. The van der Waals surface area contributed by atoms with Crippen molar-refractivity contribution in [3.8, 4) is 0 Å². The van der Waals surface area contributed by atoms with Gasteiger partial charge in [-0.05, 0) is 45.2 Å². The van der Waals surface area contributed by atoms with Crippen LogP contribution in [-0.4, -0.2) is 68.5 Å². The highest BCUT2D eigenvalue weighted by molar-refractivity contribution is 7.99. The van der Waals surface area contributed by atoms with Gasteiger partial charge in [0.1, 0.15) is 29.9 Å². The zero-order chi connectivity index (χ0) is 28.1. The van der Waals surface area contributed by atoms with Gasteiger partial charge in [0.05, 0.1) is 18.8 Å². The van der Waals surface area contributed by atoms with Gasteiger partial charge in [-0.25, -0.2) is 4.57 Å². The number of hydrogen-bond donors (Lipinski definition) is 0. The summed E-state index contributed by atoms with van der Waals surface area (Å²) in [6.07, 6.45) is 3.83. The van der Waals surface area contributed by atoms with Crippen LogP contribution in [0, 0.1) is 0 Å². The molecule has 39 heavy (non-hydrogen) atoms. The van der Waals surface area contributed by atoms with E-state index in [0.717, 1.165) is 43.4 Å². The lowest BCUT2D eigenvalue weighted by Gasteiger charge is -2.46. The smallest absolute Gasteiger partial charge is 0.379 e. The monoisotopic (exact) mass is 588 g/mol.